The van der Waals surface area contributed by atoms with Crippen LogP contribution in [0.25, 0.3) is 0 Å². The lowest BCUT2D eigenvalue weighted by atomic mass is 10.2. The highest BCUT2D eigenvalue weighted by atomic mass is 16.2. The third-order valence-corrected chi connectivity index (χ3v) is 1.11. The number of aliphatic hydroxyl groups is 1. The first-order valence-corrected chi connectivity index (χ1v) is 2.63. The van der Waals surface area contributed by atoms with Crippen LogP contribution in [0.15, 0.2) is 23.5 Å². The van der Waals surface area contributed by atoms with Gasteiger partial charge in [-0.1, -0.05) is 5.57 Å². The van der Waals surface area contributed by atoms with E-state index < -0.39 is 0 Å². The van der Waals surface area contributed by atoms with Crippen LogP contribution in [0.3, 0.4) is 0 Å². The van der Waals surface area contributed by atoms with Gasteiger partial charge in [0.05, 0.1) is 6.26 Å². The van der Waals surface area contributed by atoms with Gasteiger partial charge in [0.2, 0.25) is 0 Å². The third kappa shape index (κ3) is 2.45. The fourth-order valence-corrected chi connectivity index (χ4v) is 0.278. The van der Waals surface area contributed by atoms with Crippen LogP contribution < -0.4 is 0 Å². The van der Waals surface area contributed by atoms with E-state index >= 15 is 0 Å². The molecule has 0 atom stereocenters. The van der Waals surface area contributed by atoms with Crippen molar-refractivity contribution in [2.24, 2.45) is 0 Å². The van der Waals surface area contributed by atoms with Crippen molar-refractivity contribution in [2.75, 3.05) is 0 Å². The van der Waals surface area contributed by atoms with Gasteiger partial charge in [0, 0.05) is 0 Å². The highest BCUT2D eigenvalue weighted by Gasteiger charge is 1.81. The molecule has 0 amide bonds. The molecule has 0 aliphatic heterocycles. The molecule has 0 aromatic rings. The summed E-state index contributed by atoms with van der Waals surface area (Å²) < 4.78 is 0. The molecule has 0 aromatic heterocycles. The quantitative estimate of drug-likeness (QED) is 0.408. The average molecular weight is 112 g/mol. The van der Waals surface area contributed by atoms with E-state index in [0.717, 1.165) is 11.8 Å². The van der Waals surface area contributed by atoms with E-state index in [0.29, 0.717) is 0 Å². The molecule has 8 heavy (non-hydrogen) atoms. The molecule has 0 bridgehead atoms. The molecule has 0 heterocycles. The maximum atomic E-state index is 8.27. The zero-order chi connectivity index (χ0) is 6.57. The van der Waals surface area contributed by atoms with E-state index in [9.17, 15) is 0 Å². The molecule has 1 nitrogen and oxygen atoms in total. The highest BCUT2D eigenvalue weighted by Crippen LogP contribution is 2.01. The molecular formula is C7H12O. The minimum absolute atomic E-state index is 1.06. The molecule has 0 unspecified atom stereocenters. The Labute approximate surface area is 50.3 Å². The number of hydrogen-bond donors (Lipinski definition) is 1. The average Bonchev–Trinajstić information content (AvgIpc) is 1.67. The minimum atomic E-state index is 1.06. The Morgan fingerprint density at radius 1 is 1.25 bits per heavy atom. The van der Waals surface area contributed by atoms with E-state index in [1.807, 2.05) is 20.8 Å². The molecule has 0 aliphatic rings. The summed E-state index contributed by atoms with van der Waals surface area (Å²) in [6.07, 6.45) is 2.73. The largest absolute Gasteiger partial charge is 0.516 e. The van der Waals surface area contributed by atoms with Gasteiger partial charge < -0.3 is 5.11 Å². The summed E-state index contributed by atoms with van der Waals surface area (Å²) in [6, 6.07) is 0. The van der Waals surface area contributed by atoms with Crippen molar-refractivity contribution in [3.63, 3.8) is 0 Å². The maximum Gasteiger partial charge on any atom is 0.0794 e. The molecule has 1 N–H and O–H groups in total. The van der Waals surface area contributed by atoms with Crippen LogP contribution in [0.1, 0.15) is 20.8 Å². The maximum absolute atomic E-state index is 8.27. The van der Waals surface area contributed by atoms with Gasteiger partial charge in [0.15, 0.2) is 0 Å². The zero-order valence-corrected chi connectivity index (χ0v) is 5.60. The number of allylic oxidation sites excluding steroid dienone is 3. The zero-order valence-electron chi connectivity index (χ0n) is 5.60. The summed E-state index contributed by atoms with van der Waals surface area (Å²) in [4.78, 5) is 0. The van der Waals surface area contributed by atoms with Crippen LogP contribution in [0, 0.1) is 0 Å². The van der Waals surface area contributed by atoms with Gasteiger partial charge in [-0.3, -0.25) is 0 Å². The van der Waals surface area contributed by atoms with E-state index in [1.54, 1.807) is 6.08 Å². The smallest absolute Gasteiger partial charge is 0.0794 e. The number of rotatable bonds is 1. The van der Waals surface area contributed by atoms with Crippen LogP contribution >= 0.6 is 0 Å². The molecule has 0 fully saturated rings. The van der Waals surface area contributed by atoms with Crippen LogP contribution in [0.4, 0.5) is 0 Å². The van der Waals surface area contributed by atoms with Crippen LogP contribution in [-0.2, 0) is 0 Å². The number of hydrogen-bond acceptors (Lipinski definition) is 1. The molecule has 0 saturated carbocycles. The van der Waals surface area contributed by atoms with Crippen LogP contribution in [-0.4, -0.2) is 5.11 Å². The van der Waals surface area contributed by atoms with Gasteiger partial charge in [-0.25, -0.2) is 0 Å². The lowest BCUT2D eigenvalue weighted by Gasteiger charge is -1.91. The van der Waals surface area contributed by atoms with E-state index in [4.69, 9.17) is 5.11 Å². The monoisotopic (exact) mass is 112 g/mol. The van der Waals surface area contributed by atoms with Gasteiger partial charge in [-0.2, -0.15) is 0 Å². The van der Waals surface area contributed by atoms with Crippen molar-refractivity contribution in [2.45, 2.75) is 20.8 Å². The summed E-state index contributed by atoms with van der Waals surface area (Å²) in [5.74, 6) is 0. The van der Waals surface area contributed by atoms with Crippen molar-refractivity contribution < 1.29 is 5.11 Å². The molecule has 0 aromatic carbocycles. The predicted molar refractivity (Wildman–Crippen MR) is 35.8 cm³/mol. The van der Waals surface area contributed by atoms with Crippen molar-refractivity contribution in [3.8, 4) is 0 Å². The van der Waals surface area contributed by atoms with Gasteiger partial charge in [0.1, 0.15) is 0 Å². The van der Waals surface area contributed by atoms with Crippen molar-refractivity contribution in [1.29, 1.82) is 0 Å². The second kappa shape index (κ2) is 3.30. The second-order valence-electron chi connectivity index (χ2n) is 2.00. The summed E-state index contributed by atoms with van der Waals surface area (Å²) >= 11 is 0. The van der Waals surface area contributed by atoms with Gasteiger partial charge >= 0.3 is 0 Å². The normalized spacial score (nSPS) is 9.88. The Hall–Kier alpha value is -0.720. The summed E-state index contributed by atoms with van der Waals surface area (Å²) in [5.41, 5.74) is 2.35. The van der Waals surface area contributed by atoms with Gasteiger partial charge in [0.25, 0.3) is 0 Å². The fraction of sp³-hybridized carbons (Fsp3) is 0.429. The molecular weight excluding hydrogens is 100 g/mol. The lowest BCUT2D eigenvalue weighted by Crippen LogP contribution is -1.71. The Morgan fingerprint density at radius 3 is 1.88 bits per heavy atom. The van der Waals surface area contributed by atoms with Crippen LogP contribution in [0.2, 0.25) is 0 Å². The molecule has 0 rings (SSSR count). The Balaban J connectivity index is 4.00. The summed E-state index contributed by atoms with van der Waals surface area (Å²) in [7, 11) is 0. The van der Waals surface area contributed by atoms with E-state index in [-0.39, 0.29) is 0 Å². The van der Waals surface area contributed by atoms with Crippen LogP contribution in [0.5, 0.6) is 0 Å². The molecule has 0 aliphatic carbocycles. The SMILES string of the molecule is CC(C)=C(C)/C=C/O. The predicted octanol–water partition coefficient (Wildman–Crippen LogP) is 2.41. The summed E-state index contributed by atoms with van der Waals surface area (Å²) in [5, 5.41) is 8.27. The molecule has 0 radical (unpaired) electrons. The van der Waals surface area contributed by atoms with Gasteiger partial charge in [-0.05, 0) is 32.4 Å². The molecule has 0 saturated heterocycles. The van der Waals surface area contributed by atoms with Crippen molar-refractivity contribution >= 4 is 0 Å². The number of aliphatic hydroxyl groups excluding tert-OH is 1. The molecule has 46 valence electrons. The second-order valence-corrected chi connectivity index (χ2v) is 2.00. The van der Waals surface area contributed by atoms with Crippen molar-refractivity contribution in [3.05, 3.63) is 23.5 Å². The fourth-order valence-electron chi connectivity index (χ4n) is 0.278. The Bertz CT molecular complexity index is 116. The standard InChI is InChI=1S/C7H12O/c1-6(2)7(3)4-5-8/h4-5,8H,1-3H3/b5-4+. The first-order chi connectivity index (χ1) is 3.68. The molecule has 0 spiro atoms. The Kier molecular flexibility index (Phi) is 3.01. The first-order valence-electron chi connectivity index (χ1n) is 2.63. The summed E-state index contributed by atoms with van der Waals surface area (Å²) in [6.45, 7) is 5.98. The minimum Gasteiger partial charge on any atom is -0.516 e. The van der Waals surface area contributed by atoms with E-state index in [1.165, 1.54) is 5.57 Å². The third-order valence-electron chi connectivity index (χ3n) is 1.11. The van der Waals surface area contributed by atoms with Crippen molar-refractivity contribution in [1.82, 2.24) is 0 Å². The Morgan fingerprint density at radius 2 is 1.75 bits per heavy atom. The molecule has 1 heteroatoms. The topological polar surface area (TPSA) is 20.2 Å². The lowest BCUT2D eigenvalue weighted by molar-refractivity contribution is 0.473. The van der Waals surface area contributed by atoms with E-state index in [2.05, 4.69) is 0 Å². The van der Waals surface area contributed by atoms with Gasteiger partial charge in [-0.15, -0.1) is 0 Å². The highest BCUT2D eigenvalue weighted by molar-refractivity contribution is 5.19. The first kappa shape index (κ1) is 7.28.